The molecule has 0 spiro atoms. The molecule has 0 atom stereocenters. The summed E-state index contributed by atoms with van der Waals surface area (Å²) in [7, 11) is -3.59. The van der Waals surface area contributed by atoms with Gasteiger partial charge < -0.3 is 5.73 Å². The highest BCUT2D eigenvalue weighted by atomic mass is 32.2. The Balaban J connectivity index is 3.40. The first-order valence-corrected chi connectivity index (χ1v) is 7.37. The molecule has 0 heterocycles. The molecule has 0 unspecified atom stereocenters. The van der Waals surface area contributed by atoms with E-state index in [1.54, 1.807) is 25.1 Å². The zero-order valence-corrected chi connectivity index (χ0v) is 12.2. The van der Waals surface area contributed by atoms with E-state index in [1.807, 2.05) is 6.92 Å². The fourth-order valence-corrected chi connectivity index (χ4v) is 3.53. The Morgan fingerprint density at radius 1 is 1.21 bits per heavy atom. The van der Waals surface area contributed by atoms with E-state index in [0.29, 0.717) is 11.3 Å². The lowest BCUT2D eigenvalue weighted by molar-refractivity contribution is 0.473. The van der Waals surface area contributed by atoms with Crippen molar-refractivity contribution < 1.29 is 8.42 Å². The van der Waals surface area contributed by atoms with Gasteiger partial charge in [0.05, 0.1) is 4.90 Å². The summed E-state index contributed by atoms with van der Waals surface area (Å²) in [4.78, 5) is 0.244. The molecule has 2 N–H and O–H groups in total. The Kier molecular flexibility index (Phi) is 4.91. The van der Waals surface area contributed by atoms with E-state index in [1.165, 1.54) is 10.4 Å². The highest BCUT2D eigenvalue weighted by molar-refractivity contribution is 7.89. The number of rotatable bonds is 6. The van der Waals surface area contributed by atoms with Crippen molar-refractivity contribution in [3.8, 4) is 0 Å². The zero-order chi connectivity index (χ0) is 14.6. The van der Waals surface area contributed by atoms with Gasteiger partial charge in [0.15, 0.2) is 0 Å². The largest absolute Gasteiger partial charge is 0.399 e. The van der Waals surface area contributed by atoms with Gasteiger partial charge in [0, 0.05) is 18.8 Å². The molecule has 0 aliphatic carbocycles. The van der Waals surface area contributed by atoms with Crippen molar-refractivity contribution in [2.75, 3.05) is 18.8 Å². The Morgan fingerprint density at radius 3 is 2.21 bits per heavy atom. The lowest BCUT2D eigenvalue weighted by Crippen LogP contribution is -2.32. The average Bonchev–Trinajstić information content (AvgIpc) is 2.33. The smallest absolute Gasteiger partial charge is 0.243 e. The quantitative estimate of drug-likeness (QED) is 0.642. The molecular weight excluding hydrogens is 260 g/mol. The number of anilines is 1. The number of nitrogens with zero attached hydrogens (tertiary/aromatic N) is 1. The van der Waals surface area contributed by atoms with Crippen LogP contribution in [0, 0.1) is 13.8 Å². The fourth-order valence-electron chi connectivity index (χ4n) is 1.82. The Bertz CT molecular complexity index is 582. The second-order valence-corrected chi connectivity index (χ2v) is 6.27. The van der Waals surface area contributed by atoms with E-state index in [0.717, 1.165) is 5.56 Å². The van der Waals surface area contributed by atoms with E-state index < -0.39 is 10.0 Å². The molecule has 0 saturated heterocycles. The highest BCUT2D eigenvalue weighted by Gasteiger charge is 2.25. The van der Waals surface area contributed by atoms with Gasteiger partial charge in [-0.3, -0.25) is 0 Å². The standard InChI is InChI=1S/C14H20N2O2S/c1-5-7-16(8-6-2)19(17,18)14-10-13(15)9-11(3)12(14)4/h5-6,9-10H,1-2,7-8,15H2,3-4H3. The van der Waals surface area contributed by atoms with Gasteiger partial charge in [-0.05, 0) is 37.1 Å². The number of nitrogen functional groups attached to an aromatic ring is 1. The summed E-state index contributed by atoms with van der Waals surface area (Å²) in [6.07, 6.45) is 3.10. The van der Waals surface area contributed by atoms with Crippen LogP contribution in [0.4, 0.5) is 5.69 Å². The number of hydrogen-bond acceptors (Lipinski definition) is 3. The zero-order valence-electron chi connectivity index (χ0n) is 11.4. The van der Waals surface area contributed by atoms with E-state index in [9.17, 15) is 8.42 Å². The lowest BCUT2D eigenvalue weighted by atomic mass is 10.1. The third-order valence-electron chi connectivity index (χ3n) is 2.93. The minimum Gasteiger partial charge on any atom is -0.399 e. The summed E-state index contributed by atoms with van der Waals surface area (Å²) in [5.74, 6) is 0. The third kappa shape index (κ3) is 3.24. The minimum atomic E-state index is -3.59. The summed E-state index contributed by atoms with van der Waals surface area (Å²) < 4.78 is 26.5. The molecule has 104 valence electrons. The van der Waals surface area contributed by atoms with Crippen molar-refractivity contribution in [3.63, 3.8) is 0 Å². The summed E-state index contributed by atoms with van der Waals surface area (Å²) in [6, 6.07) is 3.26. The van der Waals surface area contributed by atoms with E-state index in [4.69, 9.17) is 5.73 Å². The fraction of sp³-hybridized carbons (Fsp3) is 0.286. The molecule has 5 heteroatoms. The van der Waals surface area contributed by atoms with Crippen molar-refractivity contribution in [3.05, 3.63) is 48.6 Å². The number of sulfonamides is 1. The molecular formula is C14H20N2O2S. The topological polar surface area (TPSA) is 63.4 Å². The first-order valence-electron chi connectivity index (χ1n) is 5.93. The number of nitrogens with two attached hydrogens (primary N) is 1. The lowest BCUT2D eigenvalue weighted by Gasteiger charge is -2.21. The normalized spacial score (nSPS) is 11.5. The van der Waals surface area contributed by atoms with Gasteiger partial charge in [-0.25, -0.2) is 8.42 Å². The van der Waals surface area contributed by atoms with Crippen LogP contribution in [0.25, 0.3) is 0 Å². The highest BCUT2D eigenvalue weighted by Crippen LogP contribution is 2.25. The maximum Gasteiger partial charge on any atom is 0.243 e. The molecule has 1 aromatic rings. The Labute approximate surface area is 115 Å². The van der Waals surface area contributed by atoms with Gasteiger partial charge in [0.25, 0.3) is 0 Å². The third-order valence-corrected chi connectivity index (χ3v) is 4.88. The first-order chi connectivity index (χ1) is 8.84. The maximum atomic E-state index is 12.6. The molecule has 0 aromatic heterocycles. The van der Waals surface area contributed by atoms with Gasteiger partial charge >= 0.3 is 0 Å². The van der Waals surface area contributed by atoms with E-state index in [-0.39, 0.29) is 18.0 Å². The van der Waals surface area contributed by atoms with Crippen LogP contribution in [-0.4, -0.2) is 25.8 Å². The van der Waals surface area contributed by atoms with Crippen LogP contribution in [0.15, 0.2) is 42.3 Å². The first kappa shape index (κ1) is 15.5. The molecule has 1 aromatic carbocycles. The molecule has 19 heavy (non-hydrogen) atoms. The Hall–Kier alpha value is -1.59. The van der Waals surface area contributed by atoms with Crippen LogP contribution < -0.4 is 5.73 Å². The van der Waals surface area contributed by atoms with Gasteiger partial charge in [0.1, 0.15) is 0 Å². The molecule has 1 rings (SSSR count). The summed E-state index contributed by atoms with van der Waals surface area (Å²) in [5.41, 5.74) is 7.77. The van der Waals surface area contributed by atoms with Crippen molar-refractivity contribution in [2.45, 2.75) is 18.7 Å². The number of benzene rings is 1. The van der Waals surface area contributed by atoms with E-state index >= 15 is 0 Å². The monoisotopic (exact) mass is 280 g/mol. The van der Waals surface area contributed by atoms with Crippen LogP contribution in [-0.2, 0) is 10.0 Å². The number of hydrogen-bond donors (Lipinski definition) is 1. The van der Waals surface area contributed by atoms with Gasteiger partial charge in [-0.2, -0.15) is 4.31 Å². The number of aryl methyl sites for hydroxylation is 1. The van der Waals surface area contributed by atoms with Gasteiger partial charge in [-0.1, -0.05) is 12.2 Å². The van der Waals surface area contributed by atoms with Crippen LogP contribution in [0.1, 0.15) is 11.1 Å². The van der Waals surface area contributed by atoms with Crippen LogP contribution >= 0.6 is 0 Å². The molecule has 0 amide bonds. The predicted molar refractivity (Wildman–Crippen MR) is 79.5 cm³/mol. The molecule has 0 aliphatic rings. The van der Waals surface area contributed by atoms with Gasteiger partial charge in [0.2, 0.25) is 10.0 Å². The average molecular weight is 280 g/mol. The van der Waals surface area contributed by atoms with Crippen LogP contribution in [0.2, 0.25) is 0 Å². The van der Waals surface area contributed by atoms with Crippen molar-refractivity contribution in [2.24, 2.45) is 0 Å². The molecule has 4 nitrogen and oxygen atoms in total. The van der Waals surface area contributed by atoms with Crippen molar-refractivity contribution in [1.29, 1.82) is 0 Å². The Morgan fingerprint density at radius 2 is 1.74 bits per heavy atom. The van der Waals surface area contributed by atoms with Crippen molar-refractivity contribution in [1.82, 2.24) is 4.31 Å². The summed E-state index contributed by atoms with van der Waals surface area (Å²) in [5, 5.41) is 0. The molecule has 0 bridgehead atoms. The van der Waals surface area contributed by atoms with Crippen molar-refractivity contribution >= 4 is 15.7 Å². The minimum absolute atomic E-state index is 0.238. The van der Waals surface area contributed by atoms with Gasteiger partial charge in [-0.15, -0.1) is 13.2 Å². The van der Waals surface area contributed by atoms with Crippen LogP contribution in [0.5, 0.6) is 0 Å². The molecule has 0 aliphatic heterocycles. The summed E-state index contributed by atoms with van der Waals surface area (Å²) >= 11 is 0. The van der Waals surface area contributed by atoms with Crippen LogP contribution in [0.3, 0.4) is 0 Å². The second kappa shape index (κ2) is 6.04. The molecule has 0 radical (unpaired) electrons. The molecule has 0 saturated carbocycles. The molecule has 0 fully saturated rings. The predicted octanol–water partition coefficient (Wildman–Crippen LogP) is 2.25. The second-order valence-electron chi connectivity index (χ2n) is 4.36. The summed E-state index contributed by atoms with van der Waals surface area (Å²) in [6.45, 7) is 11.3. The van der Waals surface area contributed by atoms with E-state index in [2.05, 4.69) is 13.2 Å². The maximum absolute atomic E-state index is 12.6. The SMILES string of the molecule is C=CCN(CC=C)S(=O)(=O)c1cc(N)cc(C)c1C.